The van der Waals surface area contributed by atoms with Gasteiger partial charge in [0.15, 0.2) is 0 Å². The molecule has 0 heterocycles. The van der Waals surface area contributed by atoms with Gasteiger partial charge in [-0.2, -0.15) is 0 Å². The van der Waals surface area contributed by atoms with Crippen molar-refractivity contribution in [2.24, 2.45) is 5.73 Å². The molecule has 0 radical (unpaired) electrons. The SMILES string of the molecule is COC(=O)CCc1ccc(NC(=O)C2(N)CCCC2)cc1. The number of esters is 1. The van der Waals surface area contributed by atoms with Crippen LogP contribution in [0.5, 0.6) is 0 Å². The largest absolute Gasteiger partial charge is 0.469 e. The van der Waals surface area contributed by atoms with Gasteiger partial charge in [0.05, 0.1) is 12.6 Å². The number of carbonyl (C=O) groups excluding carboxylic acids is 2. The van der Waals surface area contributed by atoms with Crippen molar-refractivity contribution in [3.8, 4) is 0 Å². The van der Waals surface area contributed by atoms with Gasteiger partial charge in [-0.3, -0.25) is 9.59 Å². The summed E-state index contributed by atoms with van der Waals surface area (Å²) in [6.07, 6.45) is 4.49. The molecule has 5 heteroatoms. The number of hydrogen-bond donors (Lipinski definition) is 2. The zero-order chi connectivity index (χ0) is 15.3. The molecule has 0 bridgehead atoms. The number of nitrogens with two attached hydrogens (primary N) is 1. The van der Waals surface area contributed by atoms with E-state index in [2.05, 4.69) is 10.1 Å². The summed E-state index contributed by atoms with van der Waals surface area (Å²) < 4.78 is 4.61. The van der Waals surface area contributed by atoms with Gasteiger partial charge in [0.1, 0.15) is 0 Å². The van der Waals surface area contributed by atoms with Crippen molar-refractivity contribution in [3.63, 3.8) is 0 Å². The topological polar surface area (TPSA) is 81.4 Å². The van der Waals surface area contributed by atoms with E-state index >= 15 is 0 Å². The van der Waals surface area contributed by atoms with E-state index < -0.39 is 5.54 Å². The highest BCUT2D eigenvalue weighted by atomic mass is 16.5. The summed E-state index contributed by atoms with van der Waals surface area (Å²) in [6.45, 7) is 0. The summed E-state index contributed by atoms with van der Waals surface area (Å²) in [4.78, 5) is 23.3. The van der Waals surface area contributed by atoms with Crippen LogP contribution < -0.4 is 11.1 Å². The van der Waals surface area contributed by atoms with Crippen LogP contribution in [-0.2, 0) is 20.7 Å². The summed E-state index contributed by atoms with van der Waals surface area (Å²) in [5, 5.41) is 2.87. The first kappa shape index (κ1) is 15.5. The summed E-state index contributed by atoms with van der Waals surface area (Å²) in [7, 11) is 1.38. The van der Waals surface area contributed by atoms with Crippen LogP contribution in [0.2, 0.25) is 0 Å². The minimum absolute atomic E-state index is 0.109. The van der Waals surface area contributed by atoms with Gasteiger partial charge < -0.3 is 15.8 Å². The van der Waals surface area contributed by atoms with E-state index in [1.807, 2.05) is 24.3 Å². The van der Waals surface area contributed by atoms with Crippen molar-refractivity contribution in [1.29, 1.82) is 0 Å². The van der Waals surface area contributed by atoms with E-state index in [0.29, 0.717) is 12.8 Å². The lowest BCUT2D eigenvalue weighted by molar-refractivity contribution is -0.140. The highest BCUT2D eigenvalue weighted by Gasteiger charge is 2.36. The Balaban J connectivity index is 1.90. The molecule has 2 rings (SSSR count). The molecule has 0 unspecified atom stereocenters. The number of benzene rings is 1. The second-order valence-corrected chi connectivity index (χ2v) is 5.59. The van der Waals surface area contributed by atoms with Gasteiger partial charge >= 0.3 is 5.97 Å². The van der Waals surface area contributed by atoms with E-state index in [1.165, 1.54) is 7.11 Å². The van der Waals surface area contributed by atoms with Crippen LogP contribution in [0, 0.1) is 0 Å². The summed E-state index contributed by atoms with van der Waals surface area (Å²) in [6, 6.07) is 7.47. The van der Waals surface area contributed by atoms with Gasteiger partial charge in [-0.25, -0.2) is 0 Å². The van der Waals surface area contributed by atoms with Crippen LogP contribution in [-0.4, -0.2) is 24.5 Å². The molecule has 3 N–H and O–H groups in total. The van der Waals surface area contributed by atoms with Gasteiger partial charge in [-0.1, -0.05) is 25.0 Å². The van der Waals surface area contributed by atoms with Crippen molar-refractivity contribution < 1.29 is 14.3 Å². The van der Waals surface area contributed by atoms with Crippen LogP contribution in [0.3, 0.4) is 0 Å². The predicted octanol–water partition coefficient (Wildman–Crippen LogP) is 2.00. The van der Waals surface area contributed by atoms with E-state index in [9.17, 15) is 9.59 Å². The fourth-order valence-electron chi connectivity index (χ4n) is 2.59. The summed E-state index contributed by atoms with van der Waals surface area (Å²) in [5.74, 6) is -0.332. The van der Waals surface area contributed by atoms with E-state index in [-0.39, 0.29) is 11.9 Å². The molecular formula is C16H22N2O3. The standard InChI is InChI=1S/C16H22N2O3/c1-21-14(19)9-6-12-4-7-13(8-5-12)18-15(20)16(17)10-2-3-11-16/h4-5,7-8H,2-3,6,9-11,17H2,1H3,(H,18,20). The van der Waals surface area contributed by atoms with Crippen LogP contribution in [0.4, 0.5) is 5.69 Å². The Labute approximate surface area is 124 Å². The van der Waals surface area contributed by atoms with Gasteiger partial charge in [0, 0.05) is 12.1 Å². The molecule has 1 aromatic carbocycles. The first-order chi connectivity index (χ1) is 10.0. The third kappa shape index (κ3) is 4.04. The molecule has 0 atom stereocenters. The molecule has 0 spiro atoms. The average Bonchev–Trinajstić information content (AvgIpc) is 2.94. The molecule has 1 aliphatic carbocycles. The molecule has 0 aliphatic heterocycles. The van der Waals surface area contributed by atoms with Crippen molar-refractivity contribution in [2.45, 2.75) is 44.1 Å². The highest BCUT2D eigenvalue weighted by molar-refractivity contribution is 5.98. The molecule has 114 valence electrons. The number of ether oxygens (including phenoxy) is 1. The van der Waals surface area contributed by atoms with E-state index in [0.717, 1.165) is 36.9 Å². The fraction of sp³-hybridized carbons (Fsp3) is 0.500. The molecule has 1 aromatic rings. The summed E-state index contributed by atoms with van der Waals surface area (Å²) in [5.41, 5.74) is 7.16. The van der Waals surface area contributed by atoms with Crippen LogP contribution in [0.1, 0.15) is 37.7 Å². The maximum absolute atomic E-state index is 12.2. The predicted molar refractivity (Wildman–Crippen MR) is 80.8 cm³/mol. The summed E-state index contributed by atoms with van der Waals surface area (Å²) >= 11 is 0. The van der Waals surface area contributed by atoms with E-state index in [1.54, 1.807) is 0 Å². The molecule has 21 heavy (non-hydrogen) atoms. The number of aryl methyl sites for hydroxylation is 1. The van der Waals surface area contributed by atoms with Gasteiger partial charge in [-0.05, 0) is 37.0 Å². The van der Waals surface area contributed by atoms with Crippen LogP contribution >= 0.6 is 0 Å². The molecule has 1 amide bonds. The molecule has 1 saturated carbocycles. The lowest BCUT2D eigenvalue weighted by Gasteiger charge is -2.22. The van der Waals surface area contributed by atoms with Gasteiger partial charge in [0.2, 0.25) is 5.91 Å². The number of nitrogens with one attached hydrogen (secondary N) is 1. The number of amides is 1. The minimum Gasteiger partial charge on any atom is -0.469 e. The smallest absolute Gasteiger partial charge is 0.305 e. The zero-order valence-electron chi connectivity index (χ0n) is 12.4. The Bertz CT molecular complexity index is 505. The Morgan fingerprint density at radius 1 is 1.24 bits per heavy atom. The Kier molecular flexibility index (Phi) is 4.96. The highest BCUT2D eigenvalue weighted by Crippen LogP contribution is 2.28. The van der Waals surface area contributed by atoms with Crippen LogP contribution in [0.25, 0.3) is 0 Å². The molecule has 0 saturated heterocycles. The number of anilines is 1. The molecule has 1 aliphatic rings. The van der Waals surface area contributed by atoms with Gasteiger partial charge in [-0.15, -0.1) is 0 Å². The number of carbonyl (C=O) groups is 2. The molecule has 1 fully saturated rings. The van der Waals surface area contributed by atoms with Crippen molar-refractivity contribution in [2.75, 3.05) is 12.4 Å². The normalized spacial score (nSPS) is 16.5. The third-order valence-electron chi connectivity index (χ3n) is 4.01. The van der Waals surface area contributed by atoms with Crippen molar-refractivity contribution >= 4 is 17.6 Å². The van der Waals surface area contributed by atoms with Crippen molar-refractivity contribution in [3.05, 3.63) is 29.8 Å². The minimum atomic E-state index is -0.719. The molecule has 0 aromatic heterocycles. The molecule has 5 nitrogen and oxygen atoms in total. The van der Waals surface area contributed by atoms with Crippen molar-refractivity contribution in [1.82, 2.24) is 0 Å². The number of rotatable bonds is 5. The van der Waals surface area contributed by atoms with E-state index in [4.69, 9.17) is 5.73 Å². The average molecular weight is 290 g/mol. The number of methoxy groups -OCH3 is 1. The fourth-order valence-corrected chi connectivity index (χ4v) is 2.59. The Hall–Kier alpha value is -1.88. The first-order valence-corrected chi connectivity index (χ1v) is 7.29. The Morgan fingerprint density at radius 3 is 2.43 bits per heavy atom. The lowest BCUT2D eigenvalue weighted by atomic mass is 9.98. The Morgan fingerprint density at radius 2 is 1.86 bits per heavy atom. The second-order valence-electron chi connectivity index (χ2n) is 5.59. The quantitative estimate of drug-likeness (QED) is 0.813. The number of hydrogen-bond acceptors (Lipinski definition) is 4. The monoisotopic (exact) mass is 290 g/mol. The zero-order valence-corrected chi connectivity index (χ0v) is 12.4. The molecular weight excluding hydrogens is 268 g/mol. The second kappa shape index (κ2) is 6.72. The third-order valence-corrected chi connectivity index (χ3v) is 4.01. The maximum atomic E-state index is 12.2. The lowest BCUT2D eigenvalue weighted by Crippen LogP contribution is -2.48. The maximum Gasteiger partial charge on any atom is 0.305 e. The first-order valence-electron chi connectivity index (χ1n) is 7.29. The van der Waals surface area contributed by atoms with Gasteiger partial charge in [0.25, 0.3) is 0 Å². The van der Waals surface area contributed by atoms with Crippen LogP contribution in [0.15, 0.2) is 24.3 Å².